The van der Waals surface area contributed by atoms with Crippen molar-refractivity contribution in [2.75, 3.05) is 32.2 Å². The molecule has 0 saturated carbocycles. The normalized spacial score (nSPS) is 10.5. The maximum Gasteiger partial charge on any atom is 0.404 e. The van der Waals surface area contributed by atoms with Gasteiger partial charge >= 0.3 is 6.09 Å². The summed E-state index contributed by atoms with van der Waals surface area (Å²) < 4.78 is 18.5. The van der Waals surface area contributed by atoms with Crippen LogP contribution in [0, 0.1) is 0 Å². The van der Waals surface area contributed by atoms with E-state index in [-0.39, 0.29) is 12.5 Å². The number of nitrogens with one attached hydrogen (secondary N) is 2. The van der Waals surface area contributed by atoms with Crippen LogP contribution < -0.4 is 26.4 Å². The van der Waals surface area contributed by atoms with Crippen molar-refractivity contribution in [2.45, 2.75) is 32.3 Å². The highest BCUT2D eigenvalue weighted by molar-refractivity contribution is 7.94. The number of carbonyl (C=O) groups is 2. The van der Waals surface area contributed by atoms with Crippen LogP contribution in [-0.4, -0.2) is 53.6 Å². The standard InChI is InChI=1S/C18H27N5O4S2.C8H9NO2/c1-26-11-12-27-15-8-6-14(7-9-15)16-13-28-18(21-16)22-17(24)5-3-2-4-10-20-29-23(19)25;9-8(10)11-6-7-4-2-1-3-5-7/h6-9,13,20,25H,2-5,10-12,19H2,1H3,(H,21,22,24);1-5H,6H2,(H2,9,10). The molecule has 0 radical (unpaired) electrons. The van der Waals surface area contributed by atoms with Gasteiger partial charge in [0.25, 0.3) is 0 Å². The smallest absolute Gasteiger partial charge is 0.404 e. The Kier molecular flexibility index (Phi) is 16.3. The summed E-state index contributed by atoms with van der Waals surface area (Å²) in [5.74, 6) is 5.77. The molecule has 12 nitrogen and oxygen atoms in total. The van der Waals surface area contributed by atoms with Crippen molar-refractivity contribution >= 4 is 40.6 Å². The number of benzene rings is 2. The lowest BCUT2D eigenvalue weighted by Crippen LogP contribution is -2.24. The van der Waals surface area contributed by atoms with Gasteiger partial charge in [0.2, 0.25) is 5.91 Å². The van der Waals surface area contributed by atoms with Crippen LogP contribution >= 0.6 is 23.5 Å². The van der Waals surface area contributed by atoms with E-state index >= 15 is 0 Å². The van der Waals surface area contributed by atoms with E-state index in [0.717, 1.165) is 54.0 Å². The van der Waals surface area contributed by atoms with Crippen LogP contribution in [0.5, 0.6) is 5.75 Å². The topological polar surface area (TPSA) is 174 Å². The van der Waals surface area contributed by atoms with Gasteiger partial charge in [0.15, 0.2) is 5.13 Å². The highest BCUT2D eigenvalue weighted by atomic mass is 32.2. The number of primary amides is 1. The van der Waals surface area contributed by atoms with E-state index in [1.54, 1.807) is 7.11 Å². The van der Waals surface area contributed by atoms with E-state index in [1.807, 2.05) is 60.0 Å². The Bertz CT molecular complexity index is 1120. The second-order valence-corrected chi connectivity index (χ2v) is 9.85. The number of hydrogen-bond acceptors (Lipinski definition) is 12. The van der Waals surface area contributed by atoms with Gasteiger partial charge in [-0.1, -0.05) is 41.3 Å². The fourth-order valence-electron chi connectivity index (χ4n) is 3.11. The van der Waals surface area contributed by atoms with Gasteiger partial charge in [0, 0.05) is 31.0 Å². The lowest BCUT2D eigenvalue weighted by molar-refractivity contribution is -0.116. The first kappa shape index (κ1) is 33.0. The number of nitrogens with two attached hydrogens (primary N) is 2. The number of amides is 2. The molecule has 2 aromatic carbocycles. The van der Waals surface area contributed by atoms with Gasteiger partial charge in [-0.25, -0.2) is 20.3 Å². The van der Waals surface area contributed by atoms with Crippen LogP contribution in [-0.2, 0) is 20.9 Å². The van der Waals surface area contributed by atoms with Crippen molar-refractivity contribution in [1.82, 2.24) is 14.3 Å². The van der Waals surface area contributed by atoms with Crippen molar-refractivity contribution in [3.8, 4) is 17.0 Å². The second kappa shape index (κ2) is 19.8. The van der Waals surface area contributed by atoms with Crippen molar-refractivity contribution in [2.24, 2.45) is 11.6 Å². The van der Waals surface area contributed by atoms with E-state index in [1.165, 1.54) is 11.3 Å². The molecule has 1 aromatic heterocycles. The third-order valence-corrected chi connectivity index (χ3v) is 6.30. The molecule has 218 valence electrons. The van der Waals surface area contributed by atoms with Crippen LogP contribution in [0.25, 0.3) is 11.3 Å². The summed E-state index contributed by atoms with van der Waals surface area (Å²) in [5.41, 5.74) is 7.49. The van der Waals surface area contributed by atoms with Crippen LogP contribution in [0.3, 0.4) is 0 Å². The molecule has 0 spiro atoms. The largest absolute Gasteiger partial charge is 0.491 e. The number of hydrogen-bond donors (Lipinski definition) is 5. The highest BCUT2D eigenvalue weighted by Crippen LogP contribution is 2.26. The molecule has 7 N–H and O–H groups in total. The van der Waals surface area contributed by atoms with Crippen LogP contribution in [0.15, 0.2) is 60.0 Å². The molecule has 1 heterocycles. The van der Waals surface area contributed by atoms with E-state index in [9.17, 15) is 9.59 Å². The number of carbonyl (C=O) groups excluding carboxylic acids is 2. The number of ether oxygens (including phenoxy) is 3. The Morgan fingerprint density at radius 2 is 1.82 bits per heavy atom. The Balaban J connectivity index is 0.000000425. The summed E-state index contributed by atoms with van der Waals surface area (Å²) >= 11 is 2.32. The summed E-state index contributed by atoms with van der Waals surface area (Å²) in [6.07, 6.45) is 2.28. The average Bonchev–Trinajstić information content (AvgIpc) is 3.41. The zero-order valence-electron chi connectivity index (χ0n) is 22.3. The average molecular weight is 593 g/mol. The number of aromatic nitrogens is 1. The summed E-state index contributed by atoms with van der Waals surface area (Å²) in [6, 6.07) is 17.0. The number of unbranched alkanes of at least 4 members (excludes halogenated alkanes) is 2. The molecular weight excluding hydrogens is 556 g/mol. The minimum atomic E-state index is -0.742. The molecule has 3 aromatic rings. The van der Waals surface area contributed by atoms with Crippen molar-refractivity contribution in [3.05, 3.63) is 65.5 Å². The van der Waals surface area contributed by atoms with E-state index in [4.69, 9.17) is 26.3 Å². The number of nitrogens with zero attached hydrogens (tertiary/aromatic N) is 2. The Morgan fingerprint density at radius 3 is 2.50 bits per heavy atom. The molecular formula is C26H36N6O6S2. The first-order valence-corrected chi connectivity index (χ1v) is 14.1. The van der Waals surface area contributed by atoms with Crippen molar-refractivity contribution in [3.63, 3.8) is 0 Å². The minimum Gasteiger partial charge on any atom is -0.491 e. The van der Waals surface area contributed by atoms with Gasteiger partial charge < -0.3 is 25.3 Å². The first-order chi connectivity index (χ1) is 19.4. The number of thiazole rings is 1. The molecule has 2 amide bonds. The summed E-state index contributed by atoms with van der Waals surface area (Å²) in [6.45, 7) is 2.00. The Morgan fingerprint density at radius 1 is 1.07 bits per heavy atom. The predicted molar refractivity (Wildman–Crippen MR) is 156 cm³/mol. The first-order valence-electron chi connectivity index (χ1n) is 12.4. The SMILES string of the molecule is COCCOc1ccc(-c2csc(NC(=O)CCCCCNSN(N)O)n2)cc1.NC(=O)OCc1ccccc1. The third kappa shape index (κ3) is 14.8. The maximum absolute atomic E-state index is 12.1. The van der Waals surface area contributed by atoms with Crippen molar-refractivity contribution < 1.29 is 29.0 Å². The number of anilines is 1. The van der Waals surface area contributed by atoms with Gasteiger partial charge in [-0.2, -0.15) is 0 Å². The molecule has 0 saturated heterocycles. The maximum atomic E-state index is 12.1. The van der Waals surface area contributed by atoms with Crippen LogP contribution in [0.2, 0.25) is 0 Å². The lowest BCUT2D eigenvalue weighted by atomic mass is 10.2. The van der Waals surface area contributed by atoms with Gasteiger partial charge in [-0.3, -0.25) is 10.0 Å². The third-order valence-electron chi connectivity index (χ3n) is 5.02. The molecule has 0 aliphatic rings. The van der Waals surface area contributed by atoms with Gasteiger partial charge in [0.05, 0.1) is 24.4 Å². The highest BCUT2D eigenvalue weighted by Gasteiger charge is 2.08. The van der Waals surface area contributed by atoms with Crippen LogP contribution in [0.1, 0.15) is 31.2 Å². The van der Waals surface area contributed by atoms with Crippen LogP contribution in [0.4, 0.5) is 9.93 Å². The van der Waals surface area contributed by atoms with E-state index < -0.39 is 6.09 Å². The van der Waals surface area contributed by atoms with Crippen molar-refractivity contribution in [1.29, 1.82) is 0 Å². The monoisotopic (exact) mass is 592 g/mol. The molecule has 0 fully saturated rings. The fraction of sp³-hybridized carbons (Fsp3) is 0.346. The summed E-state index contributed by atoms with van der Waals surface area (Å²) in [5, 5.41) is 14.1. The molecule has 0 atom stereocenters. The number of methoxy groups -OCH3 is 1. The Hall–Kier alpha value is -3.24. The number of hydrazine groups is 1. The molecule has 0 bridgehead atoms. The molecule has 0 aliphatic carbocycles. The second-order valence-electron chi connectivity index (χ2n) is 8.14. The fourth-order valence-corrected chi connectivity index (χ4v) is 4.21. The Labute approximate surface area is 242 Å². The zero-order chi connectivity index (χ0) is 29.0. The predicted octanol–water partition coefficient (Wildman–Crippen LogP) is 4.33. The summed E-state index contributed by atoms with van der Waals surface area (Å²) in [4.78, 5) is 26.7. The summed E-state index contributed by atoms with van der Waals surface area (Å²) in [7, 11) is 1.64. The van der Waals surface area contributed by atoms with Gasteiger partial charge in [-0.15, -0.1) is 11.3 Å². The molecule has 0 aliphatic heterocycles. The minimum absolute atomic E-state index is 0.0429. The van der Waals surface area contributed by atoms with E-state index in [2.05, 4.69) is 19.8 Å². The molecule has 0 unspecified atom stereocenters. The quantitative estimate of drug-likeness (QED) is 0.0693. The van der Waals surface area contributed by atoms with Gasteiger partial charge in [-0.05, 0) is 42.7 Å². The molecule has 14 heteroatoms. The van der Waals surface area contributed by atoms with Gasteiger partial charge in [0.1, 0.15) is 19.0 Å². The zero-order valence-corrected chi connectivity index (χ0v) is 23.9. The van der Waals surface area contributed by atoms with E-state index in [0.29, 0.717) is 35.9 Å². The lowest BCUT2D eigenvalue weighted by Gasteiger charge is -2.07. The molecule has 3 rings (SSSR count). The molecule has 40 heavy (non-hydrogen) atoms. The number of rotatable bonds is 16.